The van der Waals surface area contributed by atoms with Gasteiger partial charge in [0.25, 0.3) is 0 Å². The van der Waals surface area contributed by atoms with Gasteiger partial charge in [-0.1, -0.05) is 245 Å². The number of rotatable bonds is 47. The van der Waals surface area contributed by atoms with Gasteiger partial charge in [0.05, 0.1) is 0 Å². The van der Waals surface area contributed by atoms with Crippen LogP contribution < -0.4 is 0 Å². The summed E-state index contributed by atoms with van der Waals surface area (Å²) in [7, 11) is 0. The summed E-state index contributed by atoms with van der Waals surface area (Å²) < 4.78 is 16.7. The zero-order chi connectivity index (χ0) is 48.6. The van der Waals surface area contributed by atoms with Crippen LogP contribution in [0.1, 0.15) is 226 Å². The van der Waals surface area contributed by atoms with Crippen molar-refractivity contribution in [2.45, 2.75) is 232 Å². The fourth-order valence-corrected chi connectivity index (χ4v) is 7.07. The number of esters is 3. The number of allylic oxidation sites excluding steroid dienone is 20. The predicted molar refractivity (Wildman–Crippen MR) is 288 cm³/mol. The first-order chi connectivity index (χ1) is 33.0. The van der Waals surface area contributed by atoms with Gasteiger partial charge in [-0.3, -0.25) is 14.4 Å². The van der Waals surface area contributed by atoms with Crippen LogP contribution in [-0.4, -0.2) is 37.2 Å². The smallest absolute Gasteiger partial charge is 0.306 e. The lowest BCUT2D eigenvalue weighted by Crippen LogP contribution is -2.30. The summed E-state index contributed by atoms with van der Waals surface area (Å²) >= 11 is 0. The molecule has 0 rings (SSSR count). The Morgan fingerprint density at radius 3 is 1.04 bits per heavy atom. The van der Waals surface area contributed by atoms with Crippen molar-refractivity contribution in [1.82, 2.24) is 0 Å². The molecule has 0 aliphatic heterocycles. The van der Waals surface area contributed by atoms with Gasteiger partial charge in [-0.2, -0.15) is 0 Å². The Morgan fingerprint density at radius 1 is 0.313 bits per heavy atom. The topological polar surface area (TPSA) is 78.9 Å². The van der Waals surface area contributed by atoms with E-state index in [0.717, 1.165) is 89.9 Å². The SMILES string of the molecule is CC/C=C/C=C/C=C/C=C/C=C/CCCC(=O)OCC(COC(=O)CCCCCCC/C=C/C=C/C=C/C=C/CCCCC)OC(=O)CCCCCCC/C=C/CCCCCCCCCCC. The molecule has 378 valence electrons. The van der Waals surface area contributed by atoms with Gasteiger partial charge in [0.2, 0.25) is 0 Å². The van der Waals surface area contributed by atoms with E-state index in [9.17, 15) is 14.4 Å². The molecule has 0 bridgehead atoms. The third kappa shape index (κ3) is 52.6. The molecule has 0 aliphatic rings. The third-order valence-corrected chi connectivity index (χ3v) is 11.1. The monoisotopic (exact) mass is 927 g/mol. The summed E-state index contributed by atoms with van der Waals surface area (Å²) in [6.07, 6.45) is 74.7. The highest BCUT2D eigenvalue weighted by atomic mass is 16.6. The summed E-state index contributed by atoms with van der Waals surface area (Å²) in [5, 5.41) is 0. The van der Waals surface area contributed by atoms with Gasteiger partial charge >= 0.3 is 17.9 Å². The largest absolute Gasteiger partial charge is 0.462 e. The summed E-state index contributed by atoms with van der Waals surface area (Å²) in [5.74, 6) is -1.03. The van der Waals surface area contributed by atoms with E-state index >= 15 is 0 Å². The van der Waals surface area contributed by atoms with Crippen molar-refractivity contribution >= 4 is 17.9 Å². The third-order valence-electron chi connectivity index (χ3n) is 11.1. The number of unbranched alkanes of at least 4 members (excludes halogenated alkanes) is 23. The van der Waals surface area contributed by atoms with E-state index in [-0.39, 0.29) is 37.5 Å². The molecule has 0 amide bonds. The lowest BCUT2D eigenvalue weighted by molar-refractivity contribution is -0.167. The van der Waals surface area contributed by atoms with E-state index in [1.807, 2.05) is 54.7 Å². The number of hydrogen-bond donors (Lipinski definition) is 0. The second kappa shape index (κ2) is 54.4. The van der Waals surface area contributed by atoms with Crippen molar-refractivity contribution in [1.29, 1.82) is 0 Å². The maximum atomic E-state index is 12.8. The molecular formula is C61H98O6. The molecule has 1 atom stereocenters. The molecule has 0 radical (unpaired) electrons. The summed E-state index contributed by atoms with van der Waals surface area (Å²) in [4.78, 5) is 38.0. The van der Waals surface area contributed by atoms with Crippen molar-refractivity contribution < 1.29 is 28.6 Å². The van der Waals surface area contributed by atoms with Gasteiger partial charge in [-0.05, 0) is 83.5 Å². The zero-order valence-corrected chi connectivity index (χ0v) is 43.1. The minimum Gasteiger partial charge on any atom is -0.462 e. The van der Waals surface area contributed by atoms with E-state index in [1.165, 1.54) is 89.9 Å². The second-order valence-corrected chi connectivity index (χ2v) is 17.6. The predicted octanol–water partition coefficient (Wildman–Crippen LogP) is 18.1. The van der Waals surface area contributed by atoms with Crippen LogP contribution in [0, 0.1) is 0 Å². The Labute approximate surface area is 412 Å². The molecule has 1 unspecified atom stereocenters. The van der Waals surface area contributed by atoms with E-state index in [2.05, 4.69) is 87.6 Å². The maximum Gasteiger partial charge on any atom is 0.306 e. The van der Waals surface area contributed by atoms with Crippen molar-refractivity contribution in [2.75, 3.05) is 13.2 Å². The van der Waals surface area contributed by atoms with Crippen LogP contribution in [0.25, 0.3) is 0 Å². The molecule has 0 saturated heterocycles. The Bertz CT molecular complexity index is 1440. The van der Waals surface area contributed by atoms with Crippen molar-refractivity contribution in [2.24, 2.45) is 0 Å². The van der Waals surface area contributed by atoms with E-state index in [1.54, 1.807) is 0 Å². The molecule has 0 heterocycles. The fourth-order valence-electron chi connectivity index (χ4n) is 7.07. The number of hydrogen-bond acceptors (Lipinski definition) is 6. The lowest BCUT2D eigenvalue weighted by atomic mass is 10.1. The summed E-state index contributed by atoms with van der Waals surface area (Å²) in [6.45, 7) is 6.36. The first-order valence-electron chi connectivity index (χ1n) is 27.2. The number of ether oxygens (including phenoxy) is 3. The Kier molecular flexibility index (Phi) is 51.0. The van der Waals surface area contributed by atoms with Gasteiger partial charge in [0.1, 0.15) is 13.2 Å². The van der Waals surface area contributed by atoms with Crippen LogP contribution in [0.15, 0.2) is 122 Å². The first-order valence-corrected chi connectivity index (χ1v) is 27.2. The number of carbonyl (C=O) groups excluding carboxylic acids is 3. The summed E-state index contributed by atoms with van der Waals surface area (Å²) in [6, 6.07) is 0. The normalized spacial score (nSPS) is 13.1. The standard InChI is InChI=1S/C61H98O6/c1-4-7-10-13-16-19-22-25-27-29-31-33-36-39-42-45-48-51-54-60(63)66-57-58(56-65-59(62)53-50-47-44-41-38-35-24-21-18-15-12-9-6-3)67-61(64)55-52-49-46-43-40-37-34-32-30-28-26-23-20-17-14-11-8-5-2/h9,12,15-16,18-19,21-22,24-25,27,29,31-35,38,41,44,58H,4-8,10-11,13-14,17,20,23,26,28,30,36-37,39-40,42-43,45-57H2,1-3H3/b12-9+,18-15+,19-16+,24-21+,25-22+,29-27+,33-31+,34-32+,38-35+,44-41+. The molecule has 0 aromatic heterocycles. The highest BCUT2D eigenvalue weighted by Crippen LogP contribution is 2.14. The molecular weight excluding hydrogens is 829 g/mol. The maximum absolute atomic E-state index is 12.8. The van der Waals surface area contributed by atoms with Crippen LogP contribution in [0.4, 0.5) is 0 Å². The highest BCUT2D eigenvalue weighted by Gasteiger charge is 2.19. The molecule has 0 aliphatic carbocycles. The second-order valence-electron chi connectivity index (χ2n) is 17.6. The quantitative estimate of drug-likeness (QED) is 0.0199. The van der Waals surface area contributed by atoms with Crippen molar-refractivity contribution in [3.05, 3.63) is 122 Å². The first kappa shape index (κ1) is 62.8. The van der Waals surface area contributed by atoms with Crippen LogP contribution in [0.2, 0.25) is 0 Å². The zero-order valence-electron chi connectivity index (χ0n) is 43.1. The molecule has 0 aromatic carbocycles. The Morgan fingerprint density at radius 2 is 0.612 bits per heavy atom. The lowest BCUT2D eigenvalue weighted by Gasteiger charge is -2.18. The molecule has 0 fully saturated rings. The molecule has 6 nitrogen and oxygen atoms in total. The van der Waals surface area contributed by atoms with Gasteiger partial charge in [0, 0.05) is 19.3 Å². The molecule has 67 heavy (non-hydrogen) atoms. The van der Waals surface area contributed by atoms with Crippen molar-refractivity contribution in [3.63, 3.8) is 0 Å². The van der Waals surface area contributed by atoms with Crippen LogP contribution in [0.3, 0.4) is 0 Å². The van der Waals surface area contributed by atoms with Gasteiger partial charge < -0.3 is 14.2 Å². The average molecular weight is 927 g/mol. The van der Waals surface area contributed by atoms with E-state index < -0.39 is 6.10 Å². The molecule has 0 saturated carbocycles. The highest BCUT2D eigenvalue weighted by molar-refractivity contribution is 5.71. The van der Waals surface area contributed by atoms with Crippen LogP contribution in [-0.2, 0) is 28.6 Å². The Hall–Kier alpha value is -4.19. The van der Waals surface area contributed by atoms with E-state index in [4.69, 9.17) is 14.2 Å². The van der Waals surface area contributed by atoms with E-state index in [0.29, 0.717) is 19.3 Å². The Balaban J connectivity index is 4.54. The summed E-state index contributed by atoms with van der Waals surface area (Å²) in [5.41, 5.74) is 0. The number of carbonyl (C=O) groups is 3. The van der Waals surface area contributed by atoms with Crippen LogP contribution in [0.5, 0.6) is 0 Å². The van der Waals surface area contributed by atoms with Gasteiger partial charge in [0.15, 0.2) is 6.10 Å². The molecule has 6 heteroatoms. The van der Waals surface area contributed by atoms with Crippen molar-refractivity contribution in [3.8, 4) is 0 Å². The average Bonchev–Trinajstić information content (AvgIpc) is 3.33. The molecule has 0 N–H and O–H groups in total. The van der Waals surface area contributed by atoms with Crippen LogP contribution >= 0.6 is 0 Å². The van der Waals surface area contributed by atoms with Gasteiger partial charge in [-0.15, -0.1) is 0 Å². The fraction of sp³-hybridized carbons (Fsp3) is 0.623. The molecule has 0 spiro atoms. The molecule has 0 aromatic rings. The minimum atomic E-state index is -0.825. The minimum absolute atomic E-state index is 0.119. The van der Waals surface area contributed by atoms with Gasteiger partial charge in [-0.25, -0.2) is 0 Å².